The molecule has 1 aromatic heterocycles. The number of nitrogens with one attached hydrogen (secondary N) is 2. The Bertz CT molecular complexity index is 937. The molecule has 0 aromatic carbocycles. The van der Waals surface area contributed by atoms with Crippen LogP contribution in [0.25, 0.3) is 0 Å². The minimum absolute atomic E-state index is 0.0122. The van der Waals surface area contributed by atoms with Gasteiger partial charge in [0.1, 0.15) is 12.3 Å². The molecule has 0 radical (unpaired) electrons. The van der Waals surface area contributed by atoms with Gasteiger partial charge in [0.05, 0.1) is 18.0 Å². The van der Waals surface area contributed by atoms with Crippen molar-refractivity contribution >= 4 is 24.2 Å². The van der Waals surface area contributed by atoms with Crippen molar-refractivity contribution in [2.24, 2.45) is 5.10 Å². The van der Waals surface area contributed by atoms with E-state index in [1.165, 1.54) is 17.4 Å². The van der Waals surface area contributed by atoms with Gasteiger partial charge in [0.15, 0.2) is 6.17 Å². The van der Waals surface area contributed by atoms with Crippen molar-refractivity contribution in [3.05, 3.63) is 24.2 Å². The van der Waals surface area contributed by atoms with Crippen LogP contribution >= 0.6 is 0 Å². The summed E-state index contributed by atoms with van der Waals surface area (Å²) in [4.78, 5) is 42.5. The summed E-state index contributed by atoms with van der Waals surface area (Å²) in [5.41, 5.74) is 1.39. The number of hydroxylamine groups is 2. The maximum atomic E-state index is 13.7. The van der Waals surface area contributed by atoms with Gasteiger partial charge in [0.25, 0.3) is 5.91 Å². The zero-order valence-corrected chi connectivity index (χ0v) is 21.2. The van der Waals surface area contributed by atoms with Crippen molar-refractivity contribution in [2.75, 3.05) is 6.54 Å². The predicted molar refractivity (Wildman–Crippen MR) is 132 cm³/mol. The van der Waals surface area contributed by atoms with E-state index in [0.29, 0.717) is 10.8 Å². The van der Waals surface area contributed by atoms with Gasteiger partial charge in [-0.3, -0.25) is 14.9 Å². The number of carbonyl (C=O) groups is 3. The lowest BCUT2D eigenvalue weighted by Gasteiger charge is -2.41. The topological polar surface area (TPSA) is 131 Å². The molecular weight excluding hydrogens is 464 g/mol. The van der Waals surface area contributed by atoms with E-state index in [2.05, 4.69) is 15.8 Å². The third kappa shape index (κ3) is 5.66. The smallest absolute Gasteiger partial charge is 0.343 e. The van der Waals surface area contributed by atoms with E-state index in [0.717, 1.165) is 64.2 Å². The van der Waals surface area contributed by atoms with Crippen LogP contribution in [0.15, 0.2) is 27.9 Å². The van der Waals surface area contributed by atoms with Gasteiger partial charge in [0, 0.05) is 12.1 Å². The molecule has 0 bridgehead atoms. The van der Waals surface area contributed by atoms with Crippen molar-refractivity contribution in [1.29, 1.82) is 0 Å². The molecule has 11 heteroatoms. The van der Waals surface area contributed by atoms with Crippen molar-refractivity contribution in [3.8, 4) is 0 Å². The molecule has 198 valence electrons. The summed E-state index contributed by atoms with van der Waals surface area (Å²) >= 11 is 0. The highest BCUT2D eigenvalue weighted by atomic mass is 16.5. The Morgan fingerprint density at radius 2 is 1.83 bits per heavy atom. The van der Waals surface area contributed by atoms with E-state index in [4.69, 9.17) is 4.42 Å². The Labute approximate surface area is 211 Å². The summed E-state index contributed by atoms with van der Waals surface area (Å²) in [6.07, 6.45) is 11.6. The molecule has 0 spiro atoms. The number of carbonyl (C=O) groups excluding carboxylic acids is 3. The summed E-state index contributed by atoms with van der Waals surface area (Å²) < 4.78 is 5.15. The lowest BCUT2D eigenvalue weighted by molar-refractivity contribution is -0.143. The van der Waals surface area contributed by atoms with E-state index < -0.39 is 23.6 Å². The standard InChI is InChI=1S/C25H38N6O5/c1-25(2)22(31(35)23(33)27-18-10-5-3-6-11-18)30(19-12-7-4-8-13-19)24(34)29(25)17-21(32)28-26-16-20-14-9-15-36-20/h9,14-16,18-19,22,35H,3-8,10-13,17H2,1-2H3,(H,27,33)(H,28,32). The first-order valence-corrected chi connectivity index (χ1v) is 13.0. The maximum absolute atomic E-state index is 13.7. The summed E-state index contributed by atoms with van der Waals surface area (Å²) in [7, 11) is 0. The van der Waals surface area contributed by atoms with Crippen molar-refractivity contribution in [2.45, 2.75) is 102 Å². The lowest BCUT2D eigenvalue weighted by atomic mass is 9.92. The second-order valence-corrected chi connectivity index (χ2v) is 10.5. The minimum atomic E-state index is -1.03. The highest BCUT2D eigenvalue weighted by Gasteiger charge is 2.57. The number of hydrazone groups is 1. The number of amides is 5. The Morgan fingerprint density at radius 1 is 1.17 bits per heavy atom. The highest BCUT2D eigenvalue weighted by molar-refractivity contribution is 5.88. The fourth-order valence-corrected chi connectivity index (χ4v) is 5.68. The third-order valence-electron chi connectivity index (χ3n) is 7.61. The Balaban J connectivity index is 1.50. The molecular formula is C25H38N6O5. The number of furan rings is 1. The van der Waals surface area contributed by atoms with Crippen molar-refractivity contribution in [1.82, 2.24) is 25.6 Å². The van der Waals surface area contributed by atoms with Crippen LogP contribution in [0.2, 0.25) is 0 Å². The Morgan fingerprint density at radius 3 is 2.47 bits per heavy atom. The first-order valence-electron chi connectivity index (χ1n) is 13.0. The molecule has 3 N–H and O–H groups in total. The molecule has 36 heavy (non-hydrogen) atoms. The van der Waals surface area contributed by atoms with Crippen LogP contribution in [0, 0.1) is 0 Å². The normalized spacial score (nSPS) is 23.3. The molecule has 1 aliphatic heterocycles. The third-order valence-corrected chi connectivity index (χ3v) is 7.61. The fraction of sp³-hybridized carbons (Fsp3) is 0.680. The molecule has 3 fully saturated rings. The van der Waals surface area contributed by atoms with Gasteiger partial charge in [0.2, 0.25) is 0 Å². The summed E-state index contributed by atoms with van der Waals surface area (Å²) in [5, 5.41) is 18.7. The van der Waals surface area contributed by atoms with E-state index >= 15 is 0 Å². The second-order valence-electron chi connectivity index (χ2n) is 10.5. The van der Waals surface area contributed by atoms with Crippen molar-refractivity contribution < 1.29 is 24.0 Å². The molecule has 1 saturated heterocycles. The minimum Gasteiger partial charge on any atom is -0.463 e. The maximum Gasteiger partial charge on any atom is 0.343 e. The SMILES string of the molecule is CC1(C)C(N(O)C(=O)NC2CCCCC2)N(C2CCCCC2)C(=O)N1CC(=O)NN=Cc1ccco1. The monoisotopic (exact) mass is 502 g/mol. The van der Waals surface area contributed by atoms with Crippen molar-refractivity contribution in [3.63, 3.8) is 0 Å². The number of hydrogen-bond acceptors (Lipinski definition) is 6. The predicted octanol–water partition coefficient (Wildman–Crippen LogP) is 3.64. The number of nitrogens with zero attached hydrogens (tertiary/aromatic N) is 4. The summed E-state index contributed by atoms with van der Waals surface area (Å²) in [6, 6.07) is 2.33. The first-order chi connectivity index (χ1) is 17.3. The number of rotatable bonds is 7. The van der Waals surface area contributed by atoms with E-state index in [1.54, 1.807) is 30.9 Å². The van der Waals surface area contributed by atoms with Gasteiger partial charge in [-0.1, -0.05) is 38.5 Å². The Kier molecular flexibility index (Phi) is 8.17. The number of urea groups is 2. The average molecular weight is 503 g/mol. The molecule has 1 atom stereocenters. The van der Waals surface area contributed by atoms with E-state index in [9.17, 15) is 19.6 Å². The van der Waals surface area contributed by atoms with Crippen LogP contribution in [0.5, 0.6) is 0 Å². The largest absolute Gasteiger partial charge is 0.463 e. The molecule has 4 rings (SSSR count). The summed E-state index contributed by atoms with van der Waals surface area (Å²) in [6.45, 7) is 3.28. The molecule has 2 saturated carbocycles. The van der Waals surface area contributed by atoms with Crippen LogP contribution in [-0.2, 0) is 4.79 Å². The lowest BCUT2D eigenvalue weighted by Crippen LogP contribution is -2.61. The molecule has 2 heterocycles. The highest BCUT2D eigenvalue weighted by Crippen LogP contribution is 2.39. The zero-order valence-electron chi connectivity index (χ0n) is 21.2. The molecule has 1 aromatic rings. The molecule has 3 aliphatic rings. The number of hydrogen-bond donors (Lipinski definition) is 3. The van der Waals surface area contributed by atoms with Crippen LogP contribution < -0.4 is 10.7 Å². The van der Waals surface area contributed by atoms with Crippen LogP contribution in [0.4, 0.5) is 9.59 Å². The molecule has 1 unspecified atom stereocenters. The van der Waals surface area contributed by atoms with Gasteiger partial charge in [-0.25, -0.2) is 15.0 Å². The van der Waals surface area contributed by atoms with Crippen LogP contribution in [-0.4, -0.2) is 74.6 Å². The van der Waals surface area contributed by atoms with Gasteiger partial charge >= 0.3 is 12.1 Å². The van der Waals surface area contributed by atoms with Gasteiger partial charge in [-0.15, -0.1) is 0 Å². The zero-order chi connectivity index (χ0) is 25.7. The average Bonchev–Trinajstić information content (AvgIpc) is 3.45. The molecule has 2 aliphatic carbocycles. The van der Waals surface area contributed by atoms with Gasteiger partial charge in [-0.05, 0) is 51.7 Å². The molecule has 11 nitrogen and oxygen atoms in total. The van der Waals surface area contributed by atoms with Gasteiger partial charge in [-0.2, -0.15) is 10.2 Å². The Hall–Kier alpha value is -3.08. The van der Waals surface area contributed by atoms with E-state index in [-0.39, 0.29) is 24.7 Å². The quantitative estimate of drug-likeness (QED) is 0.298. The van der Waals surface area contributed by atoms with E-state index in [1.807, 2.05) is 0 Å². The fourth-order valence-electron chi connectivity index (χ4n) is 5.68. The molecule has 5 amide bonds. The van der Waals surface area contributed by atoms with Gasteiger partial charge < -0.3 is 14.6 Å². The second kappa shape index (κ2) is 11.3. The first kappa shape index (κ1) is 26.0. The van der Waals surface area contributed by atoms with Crippen LogP contribution in [0.3, 0.4) is 0 Å². The van der Waals surface area contributed by atoms with Crippen LogP contribution in [0.1, 0.15) is 83.8 Å². The summed E-state index contributed by atoms with van der Waals surface area (Å²) in [5.74, 6) is -0.00376.